The molecule has 0 unspecified atom stereocenters. The normalized spacial score (nSPS) is 14.9. The van der Waals surface area contributed by atoms with E-state index in [1.165, 1.54) is 23.9 Å². The van der Waals surface area contributed by atoms with Crippen molar-refractivity contribution in [2.45, 2.75) is 32.0 Å². The maximum atomic E-state index is 4.65. The molecule has 2 aromatic heterocycles. The molecule has 108 valence electrons. The molecule has 1 fully saturated rings. The van der Waals surface area contributed by atoms with E-state index in [1.807, 2.05) is 28.7 Å². The topological polar surface area (TPSA) is 47.7 Å². The van der Waals surface area contributed by atoms with Crippen molar-refractivity contribution in [3.8, 4) is 0 Å². The van der Waals surface area contributed by atoms with Gasteiger partial charge in [0.05, 0.1) is 23.4 Å². The number of nitrogens with one attached hydrogen (secondary N) is 1. The highest BCUT2D eigenvalue weighted by Gasteiger charge is 2.20. The molecular weight excluding hydrogens is 262 g/mol. The first-order valence-electron chi connectivity index (χ1n) is 7.46. The molecule has 0 spiro atoms. The Morgan fingerprint density at radius 2 is 2.10 bits per heavy atom. The second-order valence-corrected chi connectivity index (χ2v) is 5.72. The summed E-state index contributed by atoms with van der Waals surface area (Å²) in [7, 11) is 1.99. The van der Waals surface area contributed by atoms with Crippen LogP contribution >= 0.6 is 0 Å². The predicted octanol–water partition coefficient (Wildman–Crippen LogP) is 2.07. The predicted molar refractivity (Wildman–Crippen MR) is 81.9 cm³/mol. The quantitative estimate of drug-likeness (QED) is 0.779. The van der Waals surface area contributed by atoms with Crippen LogP contribution in [0.4, 0.5) is 0 Å². The Bertz CT molecular complexity index is 766. The molecule has 5 nitrogen and oxygen atoms in total. The highest BCUT2D eigenvalue weighted by atomic mass is 15.3. The number of rotatable bonds is 5. The average Bonchev–Trinajstić information content (AvgIpc) is 3.15. The number of nitrogens with zero attached hydrogens (tertiary/aromatic N) is 4. The van der Waals surface area contributed by atoms with Crippen LogP contribution in [-0.4, -0.2) is 25.6 Å². The zero-order chi connectivity index (χ0) is 14.2. The van der Waals surface area contributed by atoms with E-state index in [1.54, 1.807) is 0 Å². The van der Waals surface area contributed by atoms with Gasteiger partial charge in [-0.2, -0.15) is 10.2 Å². The SMILES string of the molecule is Cn1nc(Cn2nccc2CNC2CC2)c2ccccc21. The fourth-order valence-corrected chi connectivity index (χ4v) is 2.74. The van der Waals surface area contributed by atoms with Crippen LogP contribution < -0.4 is 5.32 Å². The molecule has 21 heavy (non-hydrogen) atoms. The molecule has 5 heteroatoms. The number of hydrogen-bond donors (Lipinski definition) is 1. The molecule has 0 aliphatic heterocycles. The van der Waals surface area contributed by atoms with Gasteiger partial charge in [0.15, 0.2) is 0 Å². The summed E-state index contributed by atoms with van der Waals surface area (Å²) in [6.45, 7) is 1.60. The largest absolute Gasteiger partial charge is 0.308 e. The summed E-state index contributed by atoms with van der Waals surface area (Å²) in [6, 6.07) is 11.1. The first-order valence-corrected chi connectivity index (χ1v) is 7.46. The molecule has 1 aliphatic rings. The monoisotopic (exact) mass is 281 g/mol. The standard InChI is InChI=1S/C16H19N5/c1-20-16-5-3-2-4-14(16)15(19-20)11-21-13(8-9-18-21)10-17-12-6-7-12/h2-5,8-9,12,17H,6-7,10-11H2,1H3. The number of aryl methyl sites for hydroxylation is 1. The number of hydrogen-bond acceptors (Lipinski definition) is 3. The first kappa shape index (κ1) is 12.6. The third-order valence-electron chi connectivity index (χ3n) is 4.09. The van der Waals surface area contributed by atoms with Gasteiger partial charge < -0.3 is 5.32 Å². The minimum Gasteiger partial charge on any atom is -0.308 e. The third-order valence-corrected chi connectivity index (χ3v) is 4.09. The maximum Gasteiger partial charge on any atom is 0.0918 e. The van der Waals surface area contributed by atoms with Crippen molar-refractivity contribution in [1.82, 2.24) is 24.9 Å². The minimum atomic E-state index is 0.712. The lowest BCUT2D eigenvalue weighted by Crippen LogP contribution is -2.19. The van der Waals surface area contributed by atoms with Gasteiger partial charge in [-0.1, -0.05) is 18.2 Å². The Hall–Kier alpha value is -2.14. The number of aromatic nitrogens is 4. The summed E-state index contributed by atoms with van der Waals surface area (Å²) in [4.78, 5) is 0. The van der Waals surface area contributed by atoms with Crippen LogP contribution in [-0.2, 0) is 20.1 Å². The molecule has 1 N–H and O–H groups in total. The lowest BCUT2D eigenvalue weighted by atomic mass is 10.2. The Morgan fingerprint density at radius 3 is 2.95 bits per heavy atom. The molecule has 0 atom stereocenters. The number of para-hydroxylation sites is 1. The molecule has 0 saturated heterocycles. The zero-order valence-electron chi connectivity index (χ0n) is 12.2. The maximum absolute atomic E-state index is 4.65. The second kappa shape index (κ2) is 5.00. The van der Waals surface area contributed by atoms with Crippen LogP contribution in [0.15, 0.2) is 36.5 Å². The van der Waals surface area contributed by atoms with Gasteiger partial charge >= 0.3 is 0 Å². The molecule has 2 heterocycles. The van der Waals surface area contributed by atoms with Crippen molar-refractivity contribution in [3.63, 3.8) is 0 Å². The van der Waals surface area contributed by atoms with Crippen LogP contribution in [0.2, 0.25) is 0 Å². The van der Waals surface area contributed by atoms with Gasteiger partial charge in [-0.25, -0.2) is 0 Å². The third kappa shape index (κ3) is 2.45. The Labute approximate surface area is 123 Å². The van der Waals surface area contributed by atoms with E-state index in [-0.39, 0.29) is 0 Å². The molecule has 0 amide bonds. The first-order chi connectivity index (χ1) is 10.3. The summed E-state index contributed by atoms with van der Waals surface area (Å²) >= 11 is 0. The van der Waals surface area contributed by atoms with Gasteiger partial charge in [-0.15, -0.1) is 0 Å². The van der Waals surface area contributed by atoms with Gasteiger partial charge in [0, 0.05) is 31.2 Å². The van der Waals surface area contributed by atoms with Gasteiger partial charge in [0.25, 0.3) is 0 Å². The van der Waals surface area contributed by atoms with E-state index in [0.717, 1.165) is 24.3 Å². The van der Waals surface area contributed by atoms with E-state index in [9.17, 15) is 0 Å². The van der Waals surface area contributed by atoms with Crippen molar-refractivity contribution < 1.29 is 0 Å². The summed E-state index contributed by atoms with van der Waals surface area (Å²) < 4.78 is 3.99. The summed E-state index contributed by atoms with van der Waals surface area (Å²) in [5.74, 6) is 0. The lowest BCUT2D eigenvalue weighted by molar-refractivity contribution is 0.584. The molecule has 0 radical (unpaired) electrons. The fourth-order valence-electron chi connectivity index (χ4n) is 2.74. The summed E-state index contributed by atoms with van der Waals surface area (Å²) in [5.41, 5.74) is 3.46. The van der Waals surface area contributed by atoms with Gasteiger partial charge in [-0.05, 0) is 25.0 Å². The summed E-state index contributed by atoms with van der Waals surface area (Å²) in [5, 5.41) is 13.8. The van der Waals surface area contributed by atoms with E-state index >= 15 is 0 Å². The van der Waals surface area contributed by atoms with Gasteiger partial charge in [-0.3, -0.25) is 9.36 Å². The molecule has 1 saturated carbocycles. The Morgan fingerprint density at radius 1 is 1.24 bits per heavy atom. The van der Waals surface area contributed by atoms with Gasteiger partial charge in [0.2, 0.25) is 0 Å². The Balaban J connectivity index is 1.61. The highest BCUT2D eigenvalue weighted by molar-refractivity contribution is 5.81. The number of fused-ring (bicyclic) bond motifs is 1. The zero-order valence-corrected chi connectivity index (χ0v) is 12.2. The van der Waals surface area contributed by atoms with Crippen LogP contribution in [0.3, 0.4) is 0 Å². The minimum absolute atomic E-state index is 0.712. The van der Waals surface area contributed by atoms with Crippen molar-refractivity contribution in [2.75, 3.05) is 0 Å². The van der Waals surface area contributed by atoms with Crippen molar-refractivity contribution in [2.24, 2.45) is 7.05 Å². The molecule has 3 aromatic rings. The highest BCUT2D eigenvalue weighted by Crippen LogP contribution is 2.20. The van der Waals surface area contributed by atoms with Crippen molar-refractivity contribution >= 4 is 10.9 Å². The van der Waals surface area contributed by atoms with Gasteiger partial charge in [0.1, 0.15) is 0 Å². The average molecular weight is 281 g/mol. The lowest BCUT2D eigenvalue weighted by Gasteiger charge is -2.07. The molecule has 0 bridgehead atoms. The number of benzene rings is 1. The molecule has 4 rings (SSSR count). The van der Waals surface area contributed by atoms with E-state index in [4.69, 9.17) is 0 Å². The van der Waals surface area contributed by atoms with Crippen LogP contribution in [0.1, 0.15) is 24.2 Å². The van der Waals surface area contributed by atoms with E-state index in [2.05, 4.69) is 39.8 Å². The molecule has 1 aromatic carbocycles. The van der Waals surface area contributed by atoms with Crippen molar-refractivity contribution in [3.05, 3.63) is 47.9 Å². The van der Waals surface area contributed by atoms with Crippen LogP contribution in [0.5, 0.6) is 0 Å². The van der Waals surface area contributed by atoms with E-state index in [0.29, 0.717) is 6.04 Å². The van der Waals surface area contributed by atoms with Crippen molar-refractivity contribution in [1.29, 1.82) is 0 Å². The van der Waals surface area contributed by atoms with E-state index < -0.39 is 0 Å². The fraction of sp³-hybridized carbons (Fsp3) is 0.375. The molecule has 1 aliphatic carbocycles. The smallest absolute Gasteiger partial charge is 0.0918 e. The second-order valence-electron chi connectivity index (χ2n) is 5.72. The van der Waals surface area contributed by atoms with Crippen LogP contribution in [0, 0.1) is 0 Å². The summed E-state index contributed by atoms with van der Waals surface area (Å²) in [6.07, 6.45) is 4.48. The molecular formula is C16H19N5. The van der Waals surface area contributed by atoms with Crippen LogP contribution in [0.25, 0.3) is 10.9 Å². The Kier molecular flexibility index (Phi) is 3.00.